The van der Waals surface area contributed by atoms with E-state index in [4.69, 9.17) is 4.74 Å². The van der Waals surface area contributed by atoms with Gasteiger partial charge in [0.25, 0.3) is 0 Å². The van der Waals surface area contributed by atoms with E-state index in [0.717, 1.165) is 31.4 Å². The van der Waals surface area contributed by atoms with Crippen LogP contribution in [0.2, 0.25) is 0 Å². The van der Waals surface area contributed by atoms with Crippen LogP contribution in [-0.2, 0) is 4.74 Å². The highest BCUT2D eigenvalue weighted by molar-refractivity contribution is 5.91. The zero-order valence-electron chi connectivity index (χ0n) is 23.8. The predicted octanol–water partition coefficient (Wildman–Crippen LogP) is 9.95. The van der Waals surface area contributed by atoms with E-state index in [-0.39, 0.29) is 5.56 Å². The molecular formula is C32H56O5. The summed E-state index contributed by atoms with van der Waals surface area (Å²) in [6, 6.07) is 2.19. The molecule has 1 aromatic rings. The first-order valence-corrected chi connectivity index (χ1v) is 15.5. The Bertz CT molecular complexity index is 665. The second-order valence-corrected chi connectivity index (χ2v) is 10.8. The Balaban J connectivity index is 1.77. The van der Waals surface area contributed by atoms with Crippen LogP contribution in [0.5, 0.6) is 17.2 Å². The highest BCUT2D eigenvalue weighted by Crippen LogP contribution is 2.35. The molecule has 0 radical (unpaired) electrons. The Morgan fingerprint density at radius 1 is 0.541 bits per heavy atom. The molecule has 0 aromatic heterocycles. The Kier molecular flexibility index (Phi) is 20.8. The SMILES string of the molecule is CCCCCCCCCCCCCCCCCCCCCCCCCOC(=O)c1cc(O)c(O)c(O)c1. The smallest absolute Gasteiger partial charge is 0.338 e. The maximum absolute atomic E-state index is 12.0. The van der Waals surface area contributed by atoms with Gasteiger partial charge >= 0.3 is 5.97 Å². The summed E-state index contributed by atoms with van der Waals surface area (Å²) in [7, 11) is 0. The monoisotopic (exact) mass is 520 g/mol. The van der Waals surface area contributed by atoms with E-state index in [9.17, 15) is 20.1 Å². The molecule has 37 heavy (non-hydrogen) atoms. The van der Waals surface area contributed by atoms with Crippen molar-refractivity contribution in [3.8, 4) is 17.2 Å². The molecule has 0 unspecified atom stereocenters. The van der Waals surface area contributed by atoms with E-state index in [1.54, 1.807) is 0 Å². The van der Waals surface area contributed by atoms with Crippen molar-refractivity contribution in [2.75, 3.05) is 6.61 Å². The molecule has 0 aliphatic heterocycles. The normalized spacial score (nSPS) is 11.2. The average Bonchev–Trinajstić information content (AvgIpc) is 2.89. The largest absolute Gasteiger partial charge is 0.504 e. The van der Waals surface area contributed by atoms with Gasteiger partial charge in [0.15, 0.2) is 17.2 Å². The van der Waals surface area contributed by atoms with Gasteiger partial charge in [0.2, 0.25) is 0 Å². The number of rotatable bonds is 25. The lowest BCUT2D eigenvalue weighted by Crippen LogP contribution is -2.06. The van der Waals surface area contributed by atoms with Gasteiger partial charge in [0.1, 0.15) is 0 Å². The number of unbranched alkanes of at least 4 members (excludes halogenated alkanes) is 22. The van der Waals surface area contributed by atoms with Gasteiger partial charge in [-0.25, -0.2) is 4.79 Å². The maximum atomic E-state index is 12.0. The van der Waals surface area contributed by atoms with Crippen LogP contribution in [0.15, 0.2) is 12.1 Å². The number of hydrogen-bond acceptors (Lipinski definition) is 5. The van der Waals surface area contributed by atoms with Crippen molar-refractivity contribution >= 4 is 5.97 Å². The fourth-order valence-corrected chi connectivity index (χ4v) is 4.86. The Labute approximate surface area is 227 Å². The average molecular weight is 521 g/mol. The topological polar surface area (TPSA) is 87.0 Å². The quantitative estimate of drug-likeness (QED) is 0.0678. The minimum atomic E-state index is -0.633. The standard InChI is InChI=1S/C32H56O5/c1-2-3-4-5-6-7-8-9-10-11-12-13-14-15-16-17-18-19-20-21-22-23-24-25-37-32(36)28-26-29(33)31(35)30(34)27-28/h26-27,33-35H,2-25H2,1H3. The molecule has 1 aromatic carbocycles. The van der Waals surface area contributed by atoms with Crippen LogP contribution in [0.25, 0.3) is 0 Å². The summed E-state index contributed by atoms with van der Waals surface area (Å²) in [6.45, 7) is 2.60. The van der Waals surface area contributed by atoms with Gasteiger partial charge in [0.05, 0.1) is 12.2 Å². The molecule has 0 atom stereocenters. The molecule has 214 valence electrons. The molecule has 0 bridgehead atoms. The van der Waals surface area contributed by atoms with Crippen molar-refractivity contribution < 1.29 is 24.9 Å². The fraction of sp³-hybridized carbons (Fsp3) is 0.781. The van der Waals surface area contributed by atoms with Gasteiger partial charge in [-0.15, -0.1) is 0 Å². The Hall–Kier alpha value is -1.91. The maximum Gasteiger partial charge on any atom is 0.338 e. The lowest BCUT2D eigenvalue weighted by molar-refractivity contribution is 0.0496. The zero-order valence-corrected chi connectivity index (χ0v) is 23.8. The lowest BCUT2D eigenvalue weighted by Gasteiger charge is -2.07. The van der Waals surface area contributed by atoms with E-state index in [0.29, 0.717) is 6.61 Å². The first kappa shape index (κ1) is 33.1. The summed E-state index contributed by atoms with van der Waals surface area (Å²) in [4.78, 5) is 12.0. The third-order valence-electron chi connectivity index (χ3n) is 7.29. The molecule has 0 saturated heterocycles. The van der Waals surface area contributed by atoms with E-state index >= 15 is 0 Å². The number of carbonyl (C=O) groups excluding carboxylic acids is 1. The molecular weight excluding hydrogens is 464 g/mol. The van der Waals surface area contributed by atoms with Crippen molar-refractivity contribution in [1.82, 2.24) is 0 Å². The number of esters is 1. The van der Waals surface area contributed by atoms with Crippen LogP contribution in [-0.4, -0.2) is 27.9 Å². The van der Waals surface area contributed by atoms with Crippen molar-refractivity contribution in [2.24, 2.45) is 0 Å². The molecule has 0 spiro atoms. The van der Waals surface area contributed by atoms with E-state index in [2.05, 4.69) is 6.92 Å². The predicted molar refractivity (Wildman–Crippen MR) is 154 cm³/mol. The number of carbonyl (C=O) groups is 1. The molecule has 0 fully saturated rings. The number of phenolic OH excluding ortho intramolecular Hbond substituents is 3. The molecule has 5 nitrogen and oxygen atoms in total. The van der Waals surface area contributed by atoms with Gasteiger partial charge < -0.3 is 20.1 Å². The number of aromatic hydroxyl groups is 3. The molecule has 0 amide bonds. The summed E-state index contributed by atoms with van der Waals surface area (Å²) in [5.41, 5.74) is 0.0295. The third-order valence-corrected chi connectivity index (χ3v) is 7.29. The Morgan fingerprint density at radius 2 is 0.838 bits per heavy atom. The third kappa shape index (κ3) is 18.1. The summed E-state index contributed by atoms with van der Waals surface area (Å²) < 4.78 is 5.18. The highest BCUT2D eigenvalue weighted by atomic mass is 16.5. The lowest BCUT2D eigenvalue weighted by atomic mass is 10.0. The van der Waals surface area contributed by atoms with Crippen LogP contribution in [0.4, 0.5) is 0 Å². The number of benzene rings is 1. The van der Waals surface area contributed by atoms with E-state index < -0.39 is 23.2 Å². The van der Waals surface area contributed by atoms with Gasteiger partial charge in [0, 0.05) is 0 Å². The summed E-state index contributed by atoms with van der Waals surface area (Å²) in [5, 5.41) is 28.3. The van der Waals surface area contributed by atoms with Crippen molar-refractivity contribution in [2.45, 2.75) is 155 Å². The first-order chi connectivity index (χ1) is 18.1. The summed E-state index contributed by atoms with van der Waals surface area (Å²) in [5.74, 6) is -2.31. The Morgan fingerprint density at radius 3 is 1.16 bits per heavy atom. The molecule has 0 aliphatic carbocycles. The van der Waals surface area contributed by atoms with Gasteiger partial charge in [-0.2, -0.15) is 0 Å². The zero-order chi connectivity index (χ0) is 27.0. The van der Waals surface area contributed by atoms with Crippen LogP contribution in [0, 0.1) is 0 Å². The first-order valence-electron chi connectivity index (χ1n) is 15.5. The van der Waals surface area contributed by atoms with Gasteiger partial charge in [-0.05, 0) is 18.6 Å². The van der Waals surface area contributed by atoms with Crippen LogP contribution >= 0.6 is 0 Å². The number of ether oxygens (including phenoxy) is 1. The molecule has 0 aliphatic rings. The second-order valence-electron chi connectivity index (χ2n) is 10.8. The molecule has 5 heteroatoms. The van der Waals surface area contributed by atoms with Gasteiger partial charge in [-0.1, -0.05) is 148 Å². The second kappa shape index (κ2) is 23.2. The number of hydrogen-bond donors (Lipinski definition) is 3. The minimum Gasteiger partial charge on any atom is -0.504 e. The van der Waals surface area contributed by atoms with Crippen LogP contribution in [0.3, 0.4) is 0 Å². The van der Waals surface area contributed by atoms with Crippen LogP contribution < -0.4 is 0 Å². The van der Waals surface area contributed by atoms with Crippen molar-refractivity contribution in [1.29, 1.82) is 0 Å². The van der Waals surface area contributed by atoms with E-state index in [1.165, 1.54) is 128 Å². The van der Waals surface area contributed by atoms with Crippen LogP contribution in [0.1, 0.15) is 165 Å². The highest BCUT2D eigenvalue weighted by Gasteiger charge is 2.14. The molecule has 3 N–H and O–H groups in total. The van der Waals surface area contributed by atoms with Crippen molar-refractivity contribution in [3.63, 3.8) is 0 Å². The number of phenols is 3. The molecule has 0 heterocycles. The van der Waals surface area contributed by atoms with Gasteiger partial charge in [-0.3, -0.25) is 0 Å². The summed E-state index contributed by atoms with van der Waals surface area (Å²) >= 11 is 0. The summed E-state index contributed by atoms with van der Waals surface area (Å²) in [6.07, 6.45) is 30.9. The van der Waals surface area contributed by atoms with Crippen molar-refractivity contribution in [3.05, 3.63) is 17.7 Å². The molecule has 0 saturated carbocycles. The molecule has 1 rings (SSSR count). The fourth-order valence-electron chi connectivity index (χ4n) is 4.86. The minimum absolute atomic E-state index is 0.0295. The van der Waals surface area contributed by atoms with E-state index in [1.807, 2.05) is 0 Å².